The number of benzene rings is 4. The molecule has 6 aromatic rings. The van der Waals surface area contributed by atoms with Gasteiger partial charge in [-0.3, -0.25) is 19.7 Å². The number of carbonyl (C=O) groups excluding carboxylic acids is 1. The van der Waals surface area contributed by atoms with E-state index >= 15 is 0 Å². The summed E-state index contributed by atoms with van der Waals surface area (Å²) in [6.45, 7) is 9.38. The average Bonchev–Trinajstić information content (AvgIpc) is 3.85. The number of nitrogens with one attached hydrogen (secondary N) is 3. The lowest BCUT2D eigenvalue weighted by Gasteiger charge is -2.15. The summed E-state index contributed by atoms with van der Waals surface area (Å²) in [7, 11) is 0. The summed E-state index contributed by atoms with van der Waals surface area (Å²) < 4.78 is 0. The van der Waals surface area contributed by atoms with Gasteiger partial charge in [-0.1, -0.05) is 147 Å². The minimum atomic E-state index is -1.05. The zero-order chi connectivity index (χ0) is 46.1. The number of carboxylic acid groups (broad SMARTS) is 2. The molecule has 2 heterocycles. The van der Waals surface area contributed by atoms with Gasteiger partial charge in [-0.25, -0.2) is 9.97 Å². The number of halogens is 4. The van der Waals surface area contributed by atoms with E-state index in [2.05, 4.69) is 48.6 Å². The third kappa shape index (κ3) is 16.8. The highest BCUT2D eigenvalue weighted by Gasteiger charge is 2.21. The maximum absolute atomic E-state index is 11.7. The molecule has 0 saturated carbocycles. The Morgan fingerprint density at radius 3 is 1.52 bits per heavy atom. The summed E-state index contributed by atoms with van der Waals surface area (Å²) in [4.78, 5) is 44.1. The predicted molar refractivity (Wildman–Crippen MR) is 261 cm³/mol. The fraction of sp³-hybridized carbons (Fsp3) is 0.283. The Labute approximate surface area is 396 Å². The molecule has 0 aliphatic carbocycles. The van der Waals surface area contributed by atoms with Gasteiger partial charge in [-0.15, -0.1) is 22.7 Å². The molecule has 2 atom stereocenters. The summed E-state index contributed by atoms with van der Waals surface area (Å²) in [6, 6.07) is 28.0. The van der Waals surface area contributed by atoms with E-state index in [-0.39, 0.29) is 13.1 Å². The Morgan fingerprint density at radius 1 is 0.667 bits per heavy atom. The Balaban J connectivity index is 0.000000240. The molecule has 0 aliphatic heterocycles. The monoisotopic (exact) mass is 970 g/mol. The number of aliphatic carboxylic acids is 2. The van der Waals surface area contributed by atoms with E-state index in [1.54, 1.807) is 41.7 Å². The molecular weight excluding hydrogens is 922 g/mol. The van der Waals surface area contributed by atoms with Crippen molar-refractivity contribution in [3.8, 4) is 22.5 Å². The number of carbonyl (C=O) groups is 3. The predicted octanol–water partition coefficient (Wildman–Crippen LogP) is 11.6. The maximum atomic E-state index is 11.7. The molecule has 63 heavy (non-hydrogen) atoms. The van der Waals surface area contributed by atoms with Gasteiger partial charge in [0.25, 0.3) is 0 Å². The van der Waals surface area contributed by atoms with Crippen LogP contribution < -0.4 is 21.7 Å². The van der Waals surface area contributed by atoms with Gasteiger partial charge in [0.2, 0.25) is 0 Å². The highest BCUT2D eigenvalue weighted by molar-refractivity contribution is 7.16. The van der Waals surface area contributed by atoms with E-state index < -0.39 is 24.0 Å². The van der Waals surface area contributed by atoms with Gasteiger partial charge in [0.15, 0.2) is 10.3 Å². The number of aromatic nitrogens is 2. The van der Waals surface area contributed by atoms with Gasteiger partial charge >= 0.3 is 11.9 Å². The number of hydrogen-bond donors (Lipinski definition) is 6. The molecule has 0 bridgehead atoms. The second-order valence-electron chi connectivity index (χ2n) is 15.0. The Bertz CT molecular complexity index is 2400. The number of nitrogens with zero attached hydrogens (tertiary/aromatic N) is 2. The largest absolute Gasteiger partial charge is 0.480 e. The first-order valence-electron chi connectivity index (χ1n) is 19.9. The third-order valence-corrected chi connectivity index (χ3v) is 12.4. The standard InChI is InChI=1S/C23H25Cl2N3O2S.C16H19Cl2N3O2S.C7H6O/c1-14(2)10-20-21(16-8-9-17(24)18(25)11-16)28-23(31-20)27-13-19(22(29)30)26-12-15-6-4-3-5-7-15;1-8(2)5-13-14(9-3-4-10(17)11(18)6-9)21-16(24-13)20-7-12(19)15(22)23;8-6-7-4-2-1-3-5-7/h3-9,11,14,19,26H,10,12-13H2,1-2H3,(H,27,28)(H,29,30);3-4,6,8,12H,5,7,19H2,1-2H3,(H,20,21)(H,22,23);1-6H. The van der Waals surface area contributed by atoms with Gasteiger partial charge in [-0.05, 0) is 54.5 Å². The molecule has 0 radical (unpaired) electrons. The molecule has 0 saturated heterocycles. The van der Waals surface area contributed by atoms with Crippen molar-refractivity contribution in [1.29, 1.82) is 0 Å². The van der Waals surface area contributed by atoms with Crippen molar-refractivity contribution >= 4 is 97.6 Å². The van der Waals surface area contributed by atoms with Crippen molar-refractivity contribution in [2.75, 3.05) is 23.7 Å². The van der Waals surface area contributed by atoms with Crippen molar-refractivity contribution < 1.29 is 24.6 Å². The lowest BCUT2D eigenvalue weighted by Crippen LogP contribution is -2.41. The maximum Gasteiger partial charge on any atom is 0.322 e. The van der Waals surface area contributed by atoms with Gasteiger partial charge in [0, 0.05) is 46.1 Å². The van der Waals surface area contributed by atoms with E-state index in [1.165, 1.54) is 11.3 Å². The van der Waals surface area contributed by atoms with Crippen molar-refractivity contribution in [2.45, 2.75) is 59.2 Å². The molecule has 334 valence electrons. The molecular formula is C46H50Cl4N6O5S2. The first kappa shape index (κ1) is 51.1. The number of rotatable bonds is 18. The summed E-state index contributed by atoms with van der Waals surface area (Å²) >= 11 is 27.4. The highest BCUT2D eigenvalue weighted by Crippen LogP contribution is 2.37. The molecule has 11 nitrogen and oxygen atoms in total. The fourth-order valence-electron chi connectivity index (χ4n) is 5.70. The SMILES string of the molecule is CC(C)Cc1sc(NCC(N)C(=O)O)nc1-c1ccc(Cl)c(Cl)c1.CC(C)Cc1sc(NCC(NCc2ccccc2)C(=O)O)nc1-c1ccc(Cl)c(Cl)c1.O=Cc1ccccc1. The van der Waals surface area contributed by atoms with E-state index in [9.17, 15) is 19.5 Å². The van der Waals surface area contributed by atoms with E-state index in [1.807, 2.05) is 66.7 Å². The molecule has 4 aromatic carbocycles. The molecule has 2 unspecified atom stereocenters. The molecule has 6 rings (SSSR count). The van der Waals surface area contributed by atoms with E-state index in [4.69, 9.17) is 62.2 Å². The van der Waals surface area contributed by atoms with Crippen LogP contribution >= 0.6 is 69.1 Å². The van der Waals surface area contributed by atoms with Crippen LogP contribution in [0, 0.1) is 11.8 Å². The second kappa shape index (κ2) is 25.7. The molecule has 7 N–H and O–H groups in total. The van der Waals surface area contributed by atoms with Crippen LogP contribution in [0.4, 0.5) is 10.3 Å². The van der Waals surface area contributed by atoms with Crippen LogP contribution in [0.15, 0.2) is 97.1 Å². The van der Waals surface area contributed by atoms with Gasteiger partial charge in [-0.2, -0.15) is 0 Å². The topological polar surface area (TPSA) is 180 Å². The van der Waals surface area contributed by atoms with E-state index in [0.29, 0.717) is 48.7 Å². The lowest BCUT2D eigenvalue weighted by atomic mass is 10.0. The average molecular weight is 973 g/mol. The molecule has 0 spiro atoms. The minimum absolute atomic E-state index is 0.116. The Kier molecular flexibility index (Phi) is 20.8. The molecule has 0 aliphatic rings. The van der Waals surface area contributed by atoms with Crippen LogP contribution in [-0.4, -0.2) is 63.6 Å². The molecule has 0 fully saturated rings. The Morgan fingerprint density at radius 2 is 1.13 bits per heavy atom. The Hall–Kier alpha value is -4.57. The van der Waals surface area contributed by atoms with Gasteiger partial charge in [0.1, 0.15) is 18.4 Å². The number of carboxylic acids is 2. The normalized spacial score (nSPS) is 11.8. The third-order valence-electron chi connectivity index (χ3n) is 8.85. The molecule has 2 aromatic heterocycles. The van der Waals surface area contributed by atoms with Crippen molar-refractivity contribution in [3.63, 3.8) is 0 Å². The quantitative estimate of drug-likeness (QED) is 0.0451. The first-order chi connectivity index (χ1) is 30.0. The van der Waals surface area contributed by atoms with E-state index in [0.717, 1.165) is 62.5 Å². The van der Waals surface area contributed by atoms with Crippen molar-refractivity contribution in [1.82, 2.24) is 15.3 Å². The number of nitrogens with two attached hydrogens (primary N) is 1. The zero-order valence-corrected chi connectivity index (χ0v) is 39.7. The van der Waals surface area contributed by atoms with Crippen molar-refractivity contribution in [2.24, 2.45) is 17.6 Å². The summed E-state index contributed by atoms with van der Waals surface area (Å²) in [5, 5.41) is 31.0. The van der Waals surface area contributed by atoms with Crippen LogP contribution in [0.25, 0.3) is 22.5 Å². The summed E-state index contributed by atoms with van der Waals surface area (Å²) in [6.07, 6.45) is 2.56. The molecule has 0 amide bonds. The van der Waals surface area contributed by atoms with Crippen LogP contribution in [0.1, 0.15) is 53.4 Å². The number of aldehydes is 1. The fourth-order valence-corrected chi connectivity index (χ4v) is 8.70. The second-order valence-corrected chi connectivity index (χ2v) is 18.8. The smallest absolute Gasteiger partial charge is 0.322 e. The number of anilines is 2. The number of hydrogen-bond acceptors (Lipinski definition) is 11. The van der Waals surface area contributed by atoms with Crippen LogP contribution in [0.3, 0.4) is 0 Å². The van der Waals surface area contributed by atoms with Gasteiger partial charge in [0.05, 0.1) is 31.5 Å². The van der Waals surface area contributed by atoms with Crippen LogP contribution in [0.5, 0.6) is 0 Å². The minimum Gasteiger partial charge on any atom is -0.480 e. The number of thiazole rings is 2. The van der Waals surface area contributed by atoms with Crippen LogP contribution in [0.2, 0.25) is 20.1 Å². The zero-order valence-electron chi connectivity index (χ0n) is 35.1. The van der Waals surface area contributed by atoms with Crippen molar-refractivity contribution in [3.05, 3.63) is 138 Å². The first-order valence-corrected chi connectivity index (χ1v) is 23.1. The highest BCUT2D eigenvalue weighted by atomic mass is 35.5. The van der Waals surface area contributed by atoms with Crippen LogP contribution in [-0.2, 0) is 29.0 Å². The summed E-state index contributed by atoms with van der Waals surface area (Å²) in [5.74, 6) is -1.05. The van der Waals surface area contributed by atoms with Gasteiger partial charge < -0.3 is 26.6 Å². The lowest BCUT2D eigenvalue weighted by molar-refractivity contribution is -0.139. The molecule has 17 heteroatoms. The summed E-state index contributed by atoms with van der Waals surface area (Å²) in [5.41, 5.74) is 10.7.